The van der Waals surface area contributed by atoms with Crippen LogP contribution in [0.1, 0.15) is 45.4 Å². The minimum Gasteiger partial charge on any atom is -0.373 e. The van der Waals surface area contributed by atoms with Crippen LogP contribution < -0.4 is 0 Å². The summed E-state index contributed by atoms with van der Waals surface area (Å²) >= 11 is 0. The van der Waals surface area contributed by atoms with Crippen LogP contribution in [0.25, 0.3) is 0 Å². The van der Waals surface area contributed by atoms with Gasteiger partial charge in [-0.25, -0.2) is 0 Å². The van der Waals surface area contributed by atoms with Gasteiger partial charge < -0.3 is 4.74 Å². The van der Waals surface area contributed by atoms with Gasteiger partial charge >= 0.3 is 0 Å². The van der Waals surface area contributed by atoms with Crippen LogP contribution in [0.3, 0.4) is 0 Å². The zero-order chi connectivity index (χ0) is 8.39. The van der Waals surface area contributed by atoms with E-state index in [1.165, 1.54) is 38.5 Å². The van der Waals surface area contributed by atoms with Crippen molar-refractivity contribution >= 4 is 0 Å². The fourth-order valence-electron chi connectivity index (χ4n) is 2.58. The third kappa shape index (κ3) is 2.01. The molecule has 1 heteroatoms. The van der Waals surface area contributed by atoms with E-state index >= 15 is 0 Å². The molecule has 2 aliphatic rings. The van der Waals surface area contributed by atoms with E-state index in [9.17, 15) is 0 Å². The number of ether oxygens (including phenoxy) is 1. The van der Waals surface area contributed by atoms with Gasteiger partial charge in [0.05, 0.1) is 12.7 Å². The third-order valence-electron chi connectivity index (χ3n) is 3.47. The summed E-state index contributed by atoms with van der Waals surface area (Å²) in [5.41, 5.74) is 0. The van der Waals surface area contributed by atoms with E-state index in [-0.39, 0.29) is 0 Å². The predicted octanol–water partition coefficient (Wildman–Crippen LogP) is 2.99. The molecule has 0 N–H and O–H groups in total. The standard InChI is InChI=1S/C11H20O/c1-2-3-9-4-6-10(7-5-9)11-8-12-11/h9-11H,2-8H2,1H3. The smallest absolute Gasteiger partial charge is 0.0838 e. The van der Waals surface area contributed by atoms with Gasteiger partial charge in [-0.3, -0.25) is 0 Å². The van der Waals surface area contributed by atoms with Gasteiger partial charge in [-0.15, -0.1) is 0 Å². The summed E-state index contributed by atoms with van der Waals surface area (Å²) in [4.78, 5) is 0. The van der Waals surface area contributed by atoms with E-state index in [0.29, 0.717) is 6.10 Å². The fourth-order valence-corrected chi connectivity index (χ4v) is 2.58. The van der Waals surface area contributed by atoms with Crippen LogP contribution in [-0.4, -0.2) is 12.7 Å². The summed E-state index contributed by atoms with van der Waals surface area (Å²) in [6, 6.07) is 0. The molecule has 0 spiro atoms. The average molecular weight is 168 g/mol. The number of hydrogen-bond acceptors (Lipinski definition) is 1. The molecule has 1 nitrogen and oxygen atoms in total. The molecule has 0 bridgehead atoms. The predicted molar refractivity (Wildman–Crippen MR) is 50.1 cm³/mol. The van der Waals surface area contributed by atoms with Crippen LogP contribution in [0.15, 0.2) is 0 Å². The van der Waals surface area contributed by atoms with Crippen LogP contribution in [0, 0.1) is 11.8 Å². The zero-order valence-electron chi connectivity index (χ0n) is 8.09. The quantitative estimate of drug-likeness (QED) is 0.590. The second-order valence-corrected chi connectivity index (χ2v) is 4.44. The zero-order valence-corrected chi connectivity index (χ0v) is 8.09. The summed E-state index contributed by atoms with van der Waals surface area (Å²) in [5.74, 6) is 1.98. The van der Waals surface area contributed by atoms with Crippen molar-refractivity contribution in [2.45, 2.75) is 51.6 Å². The van der Waals surface area contributed by atoms with Crippen LogP contribution in [0.2, 0.25) is 0 Å². The van der Waals surface area contributed by atoms with E-state index in [1.54, 1.807) is 0 Å². The average Bonchev–Trinajstić information content (AvgIpc) is 2.89. The highest BCUT2D eigenvalue weighted by molar-refractivity contribution is 4.83. The lowest BCUT2D eigenvalue weighted by Gasteiger charge is -2.27. The Bertz CT molecular complexity index is 132. The first-order valence-electron chi connectivity index (χ1n) is 5.51. The molecule has 1 unspecified atom stereocenters. The largest absolute Gasteiger partial charge is 0.373 e. The van der Waals surface area contributed by atoms with Gasteiger partial charge in [0.2, 0.25) is 0 Å². The molecule has 0 aromatic carbocycles. The summed E-state index contributed by atoms with van der Waals surface area (Å²) in [6.45, 7) is 3.36. The Morgan fingerprint density at radius 1 is 1.17 bits per heavy atom. The molecule has 1 saturated heterocycles. The van der Waals surface area contributed by atoms with Crippen molar-refractivity contribution in [1.82, 2.24) is 0 Å². The van der Waals surface area contributed by atoms with Gasteiger partial charge in [0.1, 0.15) is 0 Å². The van der Waals surface area contributed by atoms with E-state index in [0.717, 1.165) is 18.4 Å². The Morgan fingerprint density at radius 2 is 1.83 bits per heavy atom. The third-order valence-corrected chi connectivity index (χ3v) is 3.47. The normalized spacial score (nSPS) is 41.2. The lowest BCUT2D eigenvalue weighted by Crippen LogP contribution is -2.18. The molecular weight excluding hydrogens is 148 g/mol. The first-order valence-corrected chi connectivity index (χ1v) is 5.51. The molecule has 0 radical (unpaired) electrons. The Kier molecular flexibility index (Phi) is 2.69. The van der Waals surface area contributed by atoms with Crippen molar-refractivity contribution in [3.05, 3.63) is 0 Å². The van der Waals surface area contributed by atoms with E-state index < -0.39 is 0 Å². The molecule has 0 aromatic rings. The van der Waals surface area contributed by atoms with E-state index in [4.69, 9.17) is 4.74 Å². The fraction of sp³-hybridized carbons (Fsp3) is 1.00. The Hall–Kier alpha value is -0.0400. The van der Waals surface area contributed by atoms with Crippen molar-refractivity contribution in [2.75, 3.05) is 6.61 Å². The molecule has 1 atom stereocenters. The maximum Gasteiger partial charge on any atom is 0.0838 e. The van der Waals surface area contributed by atoms with Crippen molar-refractivity contribution in [2.24, 2.45) is 11.8 Å². The molecule has 1 heterocycles. The SMILES string of the molecule is CCCC1CCC(C2CO2)CC1. The van der Waals surface area contributed by atoms with Gasteiger partial charge in [-0.1, -0.05) is 32.6 Å². The van der Waals surface area contributed by atoms with E-state index in [1.807, 2.05) is 0 Å². The minimum atomic E-state index is 0.674. The van der Waals surface area contributed by atoms with Crippen LogP contribution >= 0.6 is 0 Å². The van der Waals surface area contributed by atoms with Gasteiger partial charge in [-0.2, -0.15) is 0 Å². The number of epoxide rings is 1. The lowest BCUT2D eigenvalue weighted by molar-refractivity contribution is 0.217. The summed E-state index contributed by atoms with van der Waals surface area (Å²) in [6.07, 6.45) is 9.32. The van der Waals surface area contributed by atoms with Crippen LogP contribution in [0.4, 0.5) is 0 Å². The Morgan fingerprint density at radius 3 is 2.33 bits per heavy atom. The molecule has 12 heavy (non-hydrogen) atoms. The van der Waals surface area contributed by atoms with Crippen LogP contribution in [0.5, 0.6) is 0 Å². The minimum absolute atomic E-state index is 0.674. The molecule has 1 saturated carbocycles. The highest BCUT2D eigenvalue weighted by Gasteiger charge is 2.34. The first kappa shape index (κ1) is 8.55. The maximum absolute atomic E-state index is 5.34. The van der Waals surface area contributed by atoms with Crippen molar-refractivity contribution in [3.8, 4) is 0 Å². The molecular formula is C11H20O. The van der Waals surface area contributed by atoms with Gasteiger partial charge in [-0.05, 0) is 24.7 Å². The summed E-state index contributed by atoms with van der Waals surface area (Å²) in [5, 5.41) is 0. The van der Waals surface area contributed by atoms with Crippen molar-refractivity contribution in [3.63, 3.8) is 0 Å². The summed E-state index contributed by atoms with van der Waals surface area (Å²) < 4.78 is 5.34. The highest BCUT2D eigenvalue weighted by Crippen LogP contribution is 2.37. The molecule has 0 amide bonds. The monoisotopic (exact) mass is 168 g/mol. The molecule has 70 valence electrons. The second kappa shape index (κ2) is 3.78. The first-order chi connectivity index (χ1) is 5.90. The van der Waals surface area contributed by atoms with Crippen molar-refractivity contribution < 1.29 is 4.74 Å². The van der Waals surface area contributed by atoms with E-state index in [2.05, 4.69) is 6.92 Å². The second-order valence-electron chi connectivity index (χ2n) is 4.44. The van der Waals surface area contributed by atoms with Crippen LogP contribution in [-0.2, 0) is 4.74 Å². The molecule has 2 rings (SSSR count). The lowest BCUT2D eigenvalue weighted by atomic mass is 9.79. The van der Waals surface area contributed by atoms with Gasteiger partial charge in [0.15, 0.2) is 0 Å². The Labute approximate surface area is 75.5 Å². The molecule has 2 fully saturated rings. The summed E-state index contributed by atoms with van der Waals surface area (Å²) in [7, 11) is 0. The maximum atomic E-state index is 5.34. The molecule has 1 aliphatic carbocycles. The molecule has 1 aliphatic heterocycles. The highest BCUT2D eigenvalue weighted by atomic mass is 16.6. The Balaban J connectivity index is 1.69. The molecule has 0 aromatic heterocycles. The van der Waals surface area contributed by atoms with Gasteiger partial charge in [0.25, 0.3) is 0 Å². The van der Waals surface area contributed by atoms with Crippen molar-refractivity contribution in [1.29, 1.82) is 0 Å². The number of hydrogen-bond donors (Lipinski definition) is 0. The van der Waals surface area contributed by atoms with Gasteiger partial charge in [0, 0.05) is 0 Å². The number of rotatable bonds is 3. The topological polar surface area (TPSA) is 12.5 Å².